The molecule has 1 aliphatic rings. The highest BCUT2D eigenvalue weighted by Crippen LogP contribution is 2.24. The summed E-state index contributed by atoms with van der Waals surface area (Å²) in [4.78, 5) is 11.1. The maximum absolute atomic E-state index is 11.1. The summed E-state index contributed by atoms with van der Waals surface area (Å²) in [6, 6.07) is 0.603. The van der Waals surface area contributed by atoms with E-state index in [0.29, 0.717) is 6.04 Å². The van der Waals surface area contributed by atoms with Crippen molar-refractivity contribution >= 4 is 18.4 Å². The molecular formula is C9H18ClNO2. The Bertz CT molecular complexity index is 156. The maximum Gasteiger partial charge on any atom is 0.308 e. The molecular weight excluding hydrogens is 190 g/mol. The first-order chi connectivity index (χ1) is 5.77. The topological polar surface area (TPSA) is 38.3 Å². The van der Waals surface area contributed by atoms with E-state index in [9.17, 15) is 4.79 Å². The molecule has 1 aliphatic carbocycles. The molecule has 0 aromatic rings. The Morgan fingerprint density at radius 2 is 1.85 bits per heavy atom. The second-order valence-electron chi connectivity index (χ2n) is 3.36. The first-order valence-corrected chi connectivity index (χ1v) is 4.53. The highest BCUT2D eigenvalue weighted by atomic mass is 35.5. The maximum atomic E-state index is 11.1. The molecule has 1 fully saturated rings. The van der Waals surface area contributed by atoms with Gasteiger partial charge in [0.05, 0.1) is 13.0 Å². The van der Waals surface area contributed by atoms with Crippen LogP contribution in [-0.2, 0) is 9.53 Å². The third-order valence-electron chi connectivity index (χ3n) is 2.67. The minimum atomic E-state index is -0.0375. The zero-order valence-corrected chi connectivity index (χ0v) is 9.02. The van der Waals surface area contributed by atoms with Crippen molar-refractivity contribution in [2.45, 2.75) is 31.7 Å². The van der Waals surface area contributed by atoms with Crippen LogP contribution in [0.1, 0.15) is 25.7 Å². The second-order valence-corrected chi connectivity index (χ2v) is 3.36. The summed E-state index contributed by atoms with van der Waals surface area (Å²) in [5.41, 5.74) is 0. The summed E-state index contributed by atoms with van der Waals surface area (Å²) in [6.07, 6.45) is 4.13. The average Bonchev–Trinajstić information content (AvgIpc) is 2.17. The van der Waals surface area contributed by atoms with Crippen LogP contribution in [0, 0.1) is 5.92 Å². The van der Waals surface area contributed by atoms with Crippen molar-refractivity contribution in [3.05, 3.63) is 0 Å². The van der Waals surface area contributed by atoms with Gasteiger partial charge in [0.25, 0.3) is 0 Å². The minimum absolute atomic E-state index is 0. The van der Waals surface area contributed by atoms with Crippen molar-refractivity contribution in [1.29, 1.82) is 0 Å². The lowest BCUT2D eigenvalue weighted by molar-refractivity contribution is -0.146. The van der Waals surface area contributed by atoms with E-state index in [-0.39, 0.29) is 24.3 Å². The van der Waals surface area contributed by atoms with Gasteiger partial charge in [-0.15, -0.1) is 12.4 Å². The molecule has 1 rings (SSSR count). The summed E-state index contributed by atoms with van der Waals surface area (Å²) < 4.78 is 4.70. The molecule has 0 aromatic carbocycles. The molecule has 0 aromatic heterocycles. The molecule has 1 saturated carbocycles. The number of hydrogen-bond acceptors (Lipinski definition) is 3. The third kappa shape index (κ3) is 3.53. The highest BCUT2D eigenvalue weighted by molar-refractivity contribution is 5.85. The van der Waals surface area contributed by atoms with Crippen molar-refractivity contribution in [2.24, 2.45) is 5.92 Å². The predicted octanol–water partition coefficient (Wildman–Crippen LogP) is 1.36. The van der Waals surface area contributed by atoms with Gasteiger partial charge in [0.1, 0.15) is 0 Å². The number of nitrogens with one attached hydrogen (secondary N) is 1. The van der Waals surface area contributed by atoms with Crippen LogP contribution in [0.2, 0.25) is 0 Å². The largest absolute Gasteiger partial charge is 0.469 e. The number of carbonyl (C=O) groups excluding carboxylic acids is 1. The normalized spacial score (nSPS) is 27.5. The van der Waals surface area contributed by atoms with Crippen LogP contribution in [0.5, 0.6) is 0 Å². The lowest BCUT2D eigenvalue weighted by Crippen LogP contribution is -2.32. The van der Waals surface area contributed by atoms with E-state index in [1.807, 2.05) is 7.05 Å². The Morgan fingerprint density at radius 3 is 2.23 bits per heavy atom. The van der Waals surface area contributed by atoms with Crippen LogP contribution in [0.4, 0.5) is 0 Å². The molecule has 1 N–H and O–H groups in total. The zero-order valence-electron chi connectivity index (χ0n) is 8.21. The Hall–Kier alpha value is -0.280. The van der Waals surface area contributed by atoms with Gasteiger partial charge in [0.2, 0.25) is 0 Å². The van der Waals surface area contributed by atoms with E-state index in [4.69, 9.17) is 4.74 Å². The highest BCUT2D eigenvalue weighted by Gasteiger charge is 2.25. The fourth-order valence-electron chi connectivity index (χ4n) is 1.78. The van der Waals surface area contributed by atoms with Gasteiger partial charge in [0.15, 0.2) is 0 Å². The molecule has 0 amide bonds. The molecule has 0 radical (unpaired) electrons. The van der Waals surface area contributed by atoms with E-state index in [2.05, 4.69) is 5.32 Å². The first kappa shape index (κ1) is 12.7. The van der Waals surface area contributed by atoms with Crippen molar-refractivity contribution in [3.8, 4) is 0 Å². The van der Waals surface area contributed by atoms with Crippen molar-refractivity contribution in [3.63, 3.8) is 0 Å². The summed E-state index contributed by atoms with van der Waals surface area (Å²) in [7, 11) is 3.44. The van der Waals surface area contributed by atoms with E-state index in [1.165, 1.54) is 7.11 Å². The van der Waals surface area contributed by atoms with E-state index in [0.717, 1.165) is 25.7 Å². The molecule has 0 spiro atoms. The smallest absolute Gasteiger partial charge is 0.308 e. The molecule has 78 valence electrons. The van der Waals surface area contributed by atoms with Crippen LogP contribution in [0.15, 0.2) is 0 Å². The summed E-state index contributed by atoms with van der Waals surface area (Å²) >= 11 is 0. The minimum Gasteiger partial charge on any atom is -0.469 e. The van der Waals surface area contributed by atoms with Crippen LogP contribution >= 0.6 is 12.4 Å². The average molecular weight is 208 g/mol. The molecule has 13 heavy (non-hydrogen) atoms. The number of ether oxygens (including phenoxy) is 1. The van der Waals surface area contributed by atoms with Crippen LogP contribution in [0.3, 0.4) is 0 Å². The van der Waals surface area contributed by atoms with Crippen LogP contribution in [0.25, 0.3) is 0 Å². The van der Waals surface area contributed by atoms with Gasteiger partial charge in [-0.3, -0.25) is 4.79 Å². The van der Waals surface area contributed by atoms with Crippen molar-refractivity contribution in [2.75, 3.05) is 14.2 Å². The van der Waals surface area contributed by atoms with Gasteiger partial charge in [0, 0.05) is 6.04 Å². The van der Waals surface area contributed by atoms with Crippen LogP contribution < -0.4 is 5.32 Å². The molecule has 3 nitrogen and oxygen atoms in total. The molecule has 0 bridgehead atoms. The Morgan fingerprint density at radius 1 is 1.31 bits per heavy atom. The van der Waals surface area contributed by atoms with Gasteiger partial charge in [-0.25, -0.2) is 0 Å². The predicted molar refractivity (Wildman–Crippen MR) is 54.1 cm³/mol. The van der Waals surface area contributed by atoms with E-state index < -0.39 is 0 Å². The van der Waals surface area contributed by atoms with Gasteiger partial charge in [-0.1, -0.05) is 0 Å². The third-order valence-corrected chi connectivity index (χ3v) is 2.67. The molecule has 0 unspecified atom stereocenters. The standard InChI is InChI=1S/C9H17NO2.ClH/c1-10-8-5-3-7(4-6-8)9(11)12-2;/h7-8,10H,3-6H2,1-2H3;1H/t7-,8-;. The lowest BCUT2D eigenvalue weighted by Gasteiger charge is -2.26. The Labute approximate surface area is 85.6 Å². The second kappa shape index (κ2) is 6.22. The number of rotatable bonds is 2. The quantitative estimate of drug-likeness (QED) is 0.695. The first-order valence-electron chi connectivity index (χ1n) is 4.53. The van der Waals surface area contributed by atoms with Crippen LogP contribution in [-0.4, -0.2) is 26.2 Å². The lowest BCUT2D eigenvalue weighted by atomic mass is 9.86. The Kier molecular flexibility index (Phi) is 6.08. The number of hydrogen-bond donors (Lipinski definition) is 1. The monoisotopic (exact) mass is 207 g/mol. The molecule has 0 aliphatic heterocycles. The van der Waals surface area contributed by atoms with E-state index >= 15 is 0 Å². The molecule has 0 heterocycles. The molecule has 0 atom stereocenters. The SMILES string of the molecule is CN[C@H]1CC[C@H](C(=O)OC)CC1.Cl. The number of methoxy groups -OCH3 is 1. The fraction of sp³-hybridized carbons (Fsp3) is 0.889. The van der Waals surface area contributed by atoms with Gasteiger partial charge < -0.3 is 10.1 Å². The Balaban J connectivity index is 0.00000144. The number of carbonyl (C=O) groups is 1. The van der Waals surface area contributed by atoms with Gasteiger partial charge in [-0.2, -0.15) is 0 Å². The summed E-state index contributed by atoms with van der Waals surface area (Å²) in [6.45, 7) is 0. The summed E-state index contributed by atoms with van der Waals surface area (Å²) in [5, 5.41) is 3.23. The molecule has 0 saturated heterocycles. The number of esters is 1. The number of halogens is 1. The van der Waals surface area contributed by atoms with Crippen molar-refractivity contribution < 1.29 is 9.53 Å². The van der Waals surface area contributed by atoms with E-state index in [1.54, 1.807) is 0 Å². The zero-order chi connectivity index (χ0) is 8.97. The fourth-order valence-corrected chi connectivity index (χ4v) is 1.78. The van der Waals surface area contributed by atoms with Gasteiger partial charge in [-0.05, 0) is 32.7 Å². The van der Waals surface area contributed by atoms with Gasteiger partial charge >= 0.3 is 5.97 Å². The molecule has 4 heteroatoms. The van der Waals surface area contributed by atoms with Crippen molar-refractivity contribution in [1.82, 2.24) is 5.32 Å². The summed E-state index contributed by atoms with van der Waals surface area (Å²) in [5.74, 6) is 0.115.